The number of hydrogen-bond donors (Lipinski definition) is 1. The van der Waals surface area contributed by atoms with Crippen molar-refractivity contribution in [1.82, 2.24) is 4.90 Å². The Labute approximate surface area is 129 Å². The third kappa shape index (κ3) is 3.20. The van der Waals surface area contributed by atoms with Gasteiger partial charge in [-0.1, -0.05) is 0 Å². The number of benzene rings is 1. The first-order chi connectivity index (χ1) is 10.7. The van der Waals surface area contributed by atoms with E-state index in [9.17, 15) is 22.4 Å². The number of rotatable bonds is 2. The highest BCUT2D eigenvalue weighted by Crippen LogP contribution is 2.40. The minimum Gasteiger partial charge on any atom is -0.487 e. The van der Waals surface area contributed by atoms with Crippen molar-refractivity contribution < 1.29 is 32.2 Å². The molecule has 1 N–H and O–H groups in total. The molecule has 0 bridgehead atoms. The van der Waals surface area contributed by atoms with Crippen LogP contribution in [0.25, 0.3) is 0 Å². The van der Waals surface area contributed by atoms with Crippen LogP contribution in [0.15, 0.2) is 18.2 Å². The van der Waals surface area contributed by atoms with Crippen molar-refractivity contribution in [3.05, 3.63) is 29.6 Å². The van der Waals surface area contributed by atoms with Gasteiger partial charge in [0.25, 0.3) is 0 Å². The fourth-order valence-corrected chi connectivity index (χ4v) is 3.45. The molecule has 0 aromatic heterocycles. The maximum atomic E-state index is 13.8. The fourth-order valence-electron chi connectivity index (χ4n) is 3.45. The van der Waals surface area contributed by atoms with Crippen LogP contribution in [0.3, 0.4) is 0 Å². The van der Waals surface area contributed by atoms with E-state index in [0.29, 0.717) is 32.0 Å². The Morgan fingerprint density at radius 2 is 1.83 bits per heavy atom. The van der Waals surface area contributed by atoms with E-state index in [-0.39, 0.29) is 23.7 Å². The Balaban J connectivity index is 1.63. The minimum atomic E-state index is -4.59. The molecule has 1 aromatic carbocycles. The largest absolute Gasteiger partial charge is 0.487 e. The van der Waals surface area contributed by atoms with Crippen LogP contribution >= 0.6 is 0 Å². The lowest BCUT2D eigenvalue weighted by Crippen LogP contribution is -2.29. The SMILES string of the molecule is O=C(O)N1C[C@H]2CC(Oc3ccc(C(F)(F)F)cc3F)C[C@H]2C1. The van der Waals surface area contributed by atoms with Gasteiger partial charge in [-0.15, -0.1) is 0 Å². The van der Waals surface area contributed by atoms with Crippen molar-refractivity contribution in [1.29, 1.82) is 0 Å². The van der Waals surface area contributed by atoms with Crippen LogP contribution in [0.1, 0.15) is 18.4 Å². The van der Waals surface area contributed by atoms with Gasteiger partial charge in [0.05, 0.1) is 11.7 Å². The van der Waals surface area contributed by atoms with Crippen LogP contribution in [-0.4, -0.2) is 35.3 Å². The lowest BCUT2D eigenvalue weighted by Gasteiger charge is -2.18. The molecule has 1 heterocycles. The van der Waals surface area contributed by atoms with E-state index in [1.807, 2.05) is 0 Å². The number of carbonyl (C=O) groups is 1. The van der Waals surface area contributed by atoms with Gasteiger partial charge in [0.15, 0.2) is 11.6 Å². The van der Waals surface area contributed by atoms with Gasteiger partial charge >= 0.3 is 12.3 Å². The summed E-state index contributed by atoms with van der Waals surface area (Å²) in [5.41, 5.74) is -1.05. The molecule has 0 radical (unpaired) electrons. The Morgan fingerprint density at radius 1 is 1.22 bits per heavy atom. The highest BCUT2D eigenvalue weighted by atomic mass is 19.4. The van der Waals surface area contributed by atoms with Crippen molar-refractivity contribution in [2.75, 3.05) is 13.1 Å². The lowest BCUT2D eigenvalue weighted by atomic mass is 10.0. The quantitative estimate of drug-likeness (QED) is 0.841. The van der Waals surface area contributed by atoms with E-state index in [1.54, 1.807) is 0 Å². The van der Waals surface area contributed by atoms with Gasteiger partial charge in [0.1, 0.15) is 0 Å². The predicted octanol–water partition coefficient (Wildman–Crippen LogP) is 3.61. The van der Waals surface area contributed by atoms with Crippen LogP contribution in [0, 0.1) is 17.7 Å². The van der Waals surface area contributed by atoms with Gasteiger partial charge in [-0.3, -0.25) is 0 Å². The Kier molecular flexibility index (Phi) is 3.85. The van der Waals surface area contributed by atoms with Crippen molar-refractivity contribution >= 4 is 6.09 Å². The Hall–Kier alpha value is -1.99. The number of alkyl halides is 3. The van der Waals surface area contributed by atoms with Gasteiger partial charge in [-0.25, -0.2) is 9.18 Å². The zero-order chi connectivity index (χ0) is 16.8. The zero-order valence-electron chi connectivity index (χ0n) is 12.0. The number of hydrogen-bond acceptors (Lipinski definition) is 2. The number of carboxylic acid groups (broad SMARTS) is 1. The average Bonchev–Trinajstić information content (AvgIpc) is 2.97. The summed E-state index contributed by atoms with van der Waals surface area (Å²) in [7, 11) is 0. The van der Waals surface area contributed by atoms with E-state index in [4.69, 9.17) is 9.84 Å². The number of ether oxygens (including phenoxy) is 1. The summed E-state index contributed by atoms with van der Waals surface area (Å²) in [6.07, 6.45) is -4.69. The number of amides is 1. The summed E-state index contributed by atoms with van der Waals surface area (Å²) in [6.45, 7) is 0.852. The number of likely N-dealkylation sites (tertiary alicyclic amines) is 1. The van der Waals surface area contributed by atoms with Crippen molar-refractivity contribution in [3.8, 4) is 5.75 Å². The van der Waals surface area contributed by atoms with Crippen molar-refractivity contribution in [2.45, 2.75) is 25.1 Å². The molecule has 1 unspecified atom stereocenters. The molecular weight excluding hydrogens is 318 g/mol. The molecule has 0 spiro atoms. The molecular formula is C15H15F4NO3. The van der Waals surface area contributed by atoms with E-state index >= 15 is 0 Å². The molecule has 1 aromatic rings. The lowest BCUT2D eigenvalue weighted by molar-refractivity contribution is -0.137. The Bertz CT molecular complexity index is 605. The first kappa shape index (κ1) is 15.9. The summed E-state index contributed by atoms with van der Waals surface area (Å²) in [6, 6.07) is 2.22. The monoisotopic (exact) mass is 333 g/mol. The summed E-state index contributed by atoms with van der Waals surface area (Å²) < 4.78 is 56.8. The van der Waals surface area contributed by atoms with Gasteiger partial charge in [-0.05, 0) is 42.9 Å². The number of fused-ring (bicyclic) bond motifs is 1. The molecule has 3 rings (SSSR count). The third-order valence-corrected chi connectivity index (χ3v) is 4.53. The molecule has 1 amide bonds. The molecule has 1 aliphatic heterocycles. The van der Waals surface area contributed by atoms with E-state index < -0.39 is 23.7 Å². The number of nitrogens with zero attached hydrogens (tertiary/aromatic N) is 1. The van der Waals surface area contributed by atoms with Crippen molar-refractivity contribution in [3.63, 3.8) is 0 Å². The molecule has 1 saturated heterocycles. The van der Waals surface area contributed by atoms with Crippen LogP contribution in [0.2, 0.25) is 0 Å². The normalized spacial score (nSPS) is 27.1. The molecule has 126 valence electrons. The maximum Gasteiger partial charge on any atom is 0.416 e. The molecule has 2 aliphatic rings. The third-order valence-electron chi connectivity index (χ3n) is 4.53. The Morgan fingerprint density at radius 3 is 2.30 bits per heavy atom. The topological polar surface area (TPSA) is 49.8 Å². The summed E-state index contributed by atoms with van der Waals surface area (Å²) in [5, 5.41) is 8.95. The molecule has 8 heteroatoms. The molecule has 4 nitrogen and oxygen atoms in total. The van der Waals surface area contributed by atoms with Gasteiger partial charge in [0, 0.05) is 13.1 Å². The van der Waals surface area contributed by atoms with E-state index in [0.717, 1.165) is 12.1 Å². The first-order valence-electron chi connectivity index (χ1n) is 7.25. The van der Waals surface area contributed by atoms with Crippen LogP contribution in [-0.2, 0) is 6.18 Å². The standard InChI is InChI=1S/C15H15F4NO3/c16-12-5-10(15(17,18)19)1-2-13(12)23-11-3-8-6-20(14(21)22)7-9(8)4-11/h1-2,5,8-9,11H,3-4,6-7H2,(H,21,22)/t8-,9+,11?. The molecule has 2 fully saturated rings. The summed E-state index contributed by atoms with van der Waals surface area (Å²) >= 11 is 0. The highest BCUT2D eigenvalue weighted by molar-refractivity contribution is 5.65. The minimum absolute atomic E-state index is 0.161. The van der Waals surface area contributed by atoms with Gasteiger partial charge < -0.3 is 14.7 Å². The predicted molar refractivity (Wildman–Crippen MR) is 71.6 cm³/mol. The fraction of sp³-hybridized carbons (Fsp3) is 0.533. The van der Waals surface area contributed by atoms with Crippen LogP contribution < -0.4 is 4.74 Å². The maximum absolute atomic E-state index is 13.8. The zero-order valence-corrected chi connectivity index (χ0v) is 12.0. The second-order valence-corrected chi connectivity index (χ2v) is 6.06. The van der Waals surface area contributed by atoms with Gasteiger partial charge in [-0.2, -0.15) is 13.2 Å². The second-order valence-electron chi connectivity index (χ2n) is 6.06. The van der Waals surface area contributed by atoms with E-state index in [1.165, 1.54) is 4.90 Å². The second kappa shape index (κ2) is 5.58. The average molecular weight is 333 g/mol. The molecule has 3 atom stereocenters. The van der Waals surface area contributed by atoms with E-state index in [2.05, 4.69) is 0 Å². The summed E-state index contributed by atoms with van der Waals surface area (Å²) in [5.74, 6) is -0.913. The summed E-state index contributed by atoms with van der Waals surface area (Å²) in [4.78, 5) is 12.3. The molecule has 1 saturated carbocycles. The molecule has 1 aliphatic carbocycles. The molecule has 23 heavy (non-hydrogen) atoms. The highest BCUT2D eigenvalue weighted by Gasteiger charge is 2.43. The number of halogens is 4. The first-order valence-corrected chi connectivity index (χ1v) is 7.25. The van der Waals surface area contributed by atoms with Crippen molar-refractivity contribution in [2.24, 2.45) is 11.8 Å². The van der Waals surface area contributed by atoms with Crippen LogP contribution in [0.5, 0.6) is 5.75 Å². The van der Waals surface area contributed by atoms with Crippen LogP contribution in [0.4, 0.5) is 22.4 Å². The smallest absolute Gasteiger partial charge is 0.416 e. The van der Waals surface area contributed by atoms with Gasteiger partial charge in [0.2, 0.25) is 0 Å².